The zero-order valence-corrected chi connectivity index (χ0v) is 8.85. The van der Waals surface area contributed by atoms with Gasteiger partial charge in [-0.25, -0.2) is 0 Å². The minimum Gasteiger partial charge on any atom is -0.390 e. The fraction of sp³-hybridized carbons (Fsp3) is 0.667. The summed E-state index contributed by atoms with van der Waals surface area (Å²) in [5, 5.41) is 17.5. The highest BCUT2D eigenvalue weighted by molar-refractivity contribution is 4.91. The van der Waals surface area contributed by atoms with Gasteiger partial charge in [-0.1, -0.05) is 5.11 Å². The molecule has 0 unspecified atom stereocenters. The number of azide groups is 1. The van der Waals surface area contributed by atoms with Crippen molar-refractivity contribution in [1.82, 2.24) is 14.7 Å². The SMILES string of the molecule is [N-]=[N+]=NCCN1C[C@@H](n2cccn2)[C@@H](O)C1. The first-order chi connectivity index (χ1) is 7.81. The van der Waals surface area contributed by atoms with Crippen LogP contribution in [0, 0.1) is 0 Å². The molecular weight excluding hydrogens is 208 g/mol. The van der Waals surface area contributed by atoms with Gasteiger partial charge in [0.25, 0.3) is 0 Å². The van der Waals surface area contributed by atoms with E-state index < -0.39 is 6.10 Å². The molecule has 0 saturated carbocycles. The molecule has 2 rings (SSSR count). The van der Waals surface area contributed by atoms with Crippen molar-refractivity contribution in [2.75, 3.05) is 26.2 Å². The van der Waals surface area contributed by atoms with Gasteiger partial charge in [-0.15, -0.1) is 0 Å². The van der Waals surface area contributed by atoms with E-state index in [4.69, 9.17) is 5.53 Å². The molecule has 2 atom stereocenters. The Morgan fingerprint density at radius 3 is 3.12 bits per heavy atom. The van der Waals surface area contributed by atoms with Crippen molar-refractivity contribution < 1.29 is 5.11 Å². The Morgan fingerprint density at radius 1 is 1.56 bits per heavy atom. The largest absolute Gasteiger partial charge is 0.390 e. The number of likely N-dealkylation sites (tertiary alicyclic amines) is 1. The third kappa shape index (κ3) is 2.33. The number of hydrogen-bond acceptors (Lipinski definition) is 4. The van der Waals surface area contributed by atoms with Crippen LogP contribution in [0.5, 0.6) is 0 Å². The Morgan fingerprint density at radius 2 is 2.44 bits per heavy atom. The van der Waals surface area contributed by atoms with Crippen molar-refractivity contribution >= 4 is 0 Å². The Labute approximate surface area is 92.9 Å². The van der Waals surface area contributed by atoms with E-state index in [2.05, 4.69) is 20.0 Å². The minimum atomic E-state index is -0.411. The second kappa shape index (κ2) is 4.98. The summed E-state index contributed by atoms with van der Waals surface area (Å²) in [4.78, 5) is 4.78. The molecule has 7 nitrogen and oxygen atoms in total. The summed E-state index contributed by atoms with van der Waals surface area (Å²) in [7, 11) is 0. The van der Waals surface area contributed by atoms with Gasteiger partial charge in [0.05, 0.1) is 12.1 Å². The molecule has 1 aromatic heterocycles. The van der Waals surface area contributed by atoms with Crippen LogP contribution in [0.4, 0.5) is 0 Å². The molecule has 0 aliphatic carbocycles. The average Bonchev–Trinajstić information content (AvgIpc) is 2.87. The summed E-state index contributed by atoms with van der Waals surface area (Å²) in [5.74, 6) is 0. The van der Waals surface area contributed by atoms with Crippen LogP contribution < -0.4 is 0 Å². The topological polar surface area (TPSA) is 90.1 Å². The second-order valence-electron chi connectivity index (χ2n) is 3.83. The van der Waals surface area contributed by atoms with E-state index in [1.165, 1.54) is 0 Å². The molecule has 0 spiro atoms. The lowest BCUT2D eigenvalue weighted by Crippen LogP contribution is -2.24. The number of β-amino-alcohol motifs (C(OH)–C–C–N with tert-alkyl or cyclic N) is 1. The Bertz CT molecular complexity index is 371. The van der Waals surface area contributed by atoms with E-state index in [1.54, 1.807) is 10.9 Å². The molecule has 1 saturated heterocycles. The molecule has 1 aliphatic rings. The zero-order chi connectivity index (χ0) is 11.4. The fourth-order valence-corrected chi connectivity index (χ4v) is 2.00. The van der Waals surface area contributed by atoms with Crippen LogP contribution in [0.25, 0.3) is 10.4 Å². The maximum atomic E-state index is 9.88. The van der Waals surface area contributed by atoms with Crippen molar-refractivity contribution in [2.45, 2.75) is 12.1 Å². The predicted molar refractivity (Wildman–Crippen MR) is 57.7 cm³/mol. The number of aromatic nitrogens is 2. The van der Waals surface area contributed by atoms with Crippen LogP contribution in [-0.2, 0) is 0 Å². The number of rotatable bonds is 4. The van der Waals surface area contributed by atoms with Crippen LogP contribution >= 0.6 is 0 Å². The molecule has 1 N–H and O–H groups in total. The summed E-state index contributed by atoms with van der Waals surface area (Å²) in [6.07, 6.45) is 3.14. The van der Waals surface area contributed by atoms with Gasteiger partial charge in [0.2, 0.25) is 0 Å². The third-order valence-electron chi connectivity index (χ3n) is 2.78. The lowest BCUT2D eigenvalue weighted by Gasteiger charge is -2.14. The summed E-state index contributed by atoms with van der Waals surface area (Å²) in [5.41, 5.74) is 8.17. The van der Waals surface area contributed by atoms with E-state index in [0.29, 0.717) is 19.6 Å². The zero-order valence-electron chi connectivity index (χ0n) is 8.85. The van der Waals surface area contributed by atoms with E-state index in [1.807, 2.05) is 12.3 Å². The molecule has 0 radical (unpaired) electrons. The van der Waals surface area contributed by atoms with E-state index >= 15 is 0 Å². The van der Waals surface area contributed by atoms with Crippen molar-refractivity contribution in [3.05, 3.63) is 28.9 Å². The lowest BCUT2D eigenvalue weighted by atomic mass is 10.2. The van der Waals surface area contributed by atoms with Gasteiger partial charge in [0, 0.05) is 43.5 Å². The van der Waals surface area contributed by atoms with Gasteiger partial charge in [0.1, 0.15) is 0 Å². The van der Waals surface area contributed by atoms with E-state index in [-0.39, 0.29) is 6.04 Å². The molecule has 86 valence electrons. The van der Waals surface area contributed by atoms with Gasteiger partial charge in [0.15, 0.2) is 0 Å². The molecule has 1 aromatic rings. The van der Waals surface area contributed by atoms with Crippen LogP contribution in [0.3, 0.4) is 0 Å². The quantitative estimate of drug-likeness (QED) is 0.454. The Balaban J connectivity index is 1.91. The first-order valence-electron chi connectivity index (χ1n) is 5.21. The Kier molecular flexibility index (Phi) is 3.40. The van der Waals surface area contributed by atoms with Crippen molar-refractivity contribution in [2.24, 2.45) is 5.11 Å². The van der Waals surface area contributed by atoms with E-state index in [9.17, 15) is 5.11 Å². The van der Waals surface area contributed by atoms with E-state index in [0.717, 1.165) is 6.54 Å². The number of aliphatic hydroxyl groups is 1. The molecule has 1 aliphatic heterocycles. The molecule has 0 aromatic carbocycles. The number of aliphatic hydroxyl groups excluding tert-OH is 1. The highest BCUT2D eigenvalue weighted by Crippen LogP contribution is 2.20. The minimum absolute atomic E-state index is 0.000986. The molecule has 0 amide bonds. The lowest BCUT2D eigenvalue weighted by molar-refractivity contribution is 0.139. The highest BCUT2D eigenvalue weighted by Gasteiger charge is 2.32. The molecule has 0 bridgehead atoms. The fourth-order valence-electron chi connectivity index (χ4n) is 2.00. The van der Waals surface area contributed by atoms with Crippen LogP contribution in [0.15, 0.2) is 23.6 Å². The first kappa shape index (κ1) is 10.9. The molecule has 1 fully saturated rings. The highest BCUT2D eigenvalue weighted by atomic mass is 16.3. The molecule has 7 heteroatoms. The normalized spacial score (nSPS) is 25.6. The molecule has 16 heavy (non-hydrogen) atoms. The van der Waals surface area contributed by atoms with Crippen molar-refractivity contribution in [1.29, 1.82) is 0 Å². The molecular formula is C9H14N6O. The summed E-state index contributed by atoms with van der Waals surface area (Å²) >= 11 is 0. The average molecular weight is 222 g/mol. The number of hydrogen-bond donors (Lipinski definition) is 1. The number of nitrogens with zero attached hydrogens (tertiary/aromatic N) is 6. The third-order valence-corrected chi connectivity index (χ3v) is 2.78. The van der Waals surface area contributed by atoms with Gasteiger partial charge in [-0.3, -0.25) is 9.58 Å². The van der Waals surface area contributed by atoms with Crippen LogP contribution in [0.1, 0.15) is 6.04 Å². The van der Waals surface area contributed by atoms with Crippen LogP contribution in [-0.4, -0.2) is 52.1 Å². The summed E-state index contributed by atoms with van der Waals surface area (Å²) < 4.78 is 1.78. The maximum absolute atomic E-state index is 9.88. The van der Waals surface area contributed by atoms with Gasteiger partial charge in [-0.05, 0) is 11.6 Å². The first-order valence-corrected chi connectivity index (χ1v) is 5.21. The smallest absolute Gasteiger partial charge is 0.0917 e. The van der Waals surface area contributed by atoms with Crippen molar-refractivity contribution in [3.8, 4) is 0 Å². The van der Waals surface area contributed by atoms with Gasteiger partial charge >= 0.3 is 0 Å². The summed E-state index contributed by atoms with van der Waals surface area (Å²) in [6, 6.07) is 1.84. The Hall–Kier alpha value is -1.56. The molecule has 2 heterocycles. The predicted octanol–water partition coefficient (Wildman–Crippen LogP) is 0.411. The van der Waals surface area contributed by atoms with Gasteiger partial charge in [-0.2, -0.15) is 5.10 Å². The maximum Gasteiger partial charge on any atom is 0.0917 e. The summed E-state index contributed by atoms with van der Waals surface area (Å²) in [6.45, 7) is 2.46. The van der Waals surface area contributed by atoms with Crippen molar-refractivity contribution in [3.63, 3.8) is 0 Å². The standard InChI is InChI=1S/C9H14N6O/c10-13-11-3-5-14-6-8(9(16)7-14)15-4-1-2-12-15/h1-2,4,8-9,16H,3,5-7H2/t8-,9+/m1/s1. The van der Waals surface area contributed by atoms with Gasteiger partial charge < -0.3 is 5.11 Å². The second-order valence-corrected chi connectivity index (χ2v) is 3.83. The van der Waals surface area contributed by atoms with Crippen LogP contribution in [0.2, 0.25) is 0 Å². The monoisotopic (exact) mass is 222 g/mol.